The summed E-state index contributed by atoms with van der Waals surface area (Å²) in [5.41, 5.74) is 7.57. The second kappa shape index (κ2) is 20.2. The van der Waals surface area contributed by atoms with Gasteiger partial charge in [0.2, 0.25) is 11.8 Å². The molecule has 6 nitrogen and oxygen atoms in total. The fraction of sp³-hybridized carbons (Fsp3) is 0.400. The van der Waals surface area contributed by atoms with Gasteiger partial charge in [-0.3, -0.25) is 9.59 Å². The molecule has 0 atom stereocenters. The lowest BCUT2D eigenvalue weighted by atomic mass is 10.1. The summed E-state index contributed by atoms with van der Waals surface area (Å²) in [5.74, 6) is 0.530. The molecule has 292 valence electrons. The minimum Gasteiger partial charge on any atom is -0.347 e. The Kier molecular flexibility index (Phi) is 14.1. The molecule has 2 amide bonds. The van der Waals surface area contributed by atoms with Crippen LogP contribution in [0, 0.1) is 0 Å². The van der Waals surface area contributed by atoms with Crippen LogP contribution in [0.1, 0.15) is 99.3 Å². The maximum absolute atomic E-state index is 13.8. The molecule has 0 saturated heterocycles. The summed E-state index contributed by atoms with van der Waals surface area (Å²) in [6.45, 7) is 4.70. The van der Waals surface area contributed by atoms with Crippen molar-refractivity contribution in [3.05, 3.63) is 144 Å². The van der Waals surface area contributed by atoms with Crippen molar-refractivity contribution in [2.45, 2.75) is 116 Å². The molecule has 0 N–H and O–H groups in total. The highest BCUT2D eigenvalue weighted by Crippen LogP contribution is 2.26. The number of hydrogen-bond acceptors (Lipinski definition) is 2. The highest BCUT2D eigenvalue weighted by atomic mass is 16.2. The molecule has 0 aliphatic carbocycles. The number of benzene rings is 4. The Hall–Kier alpha value is -5.10. The molecule has 6 heteroatoms. The third-order valence-corrected chi connectivity index (χ3v) is 11.8. The van der Waals surface area contributed by atoms with E-state index in [2.05, 4.69) is 128 Å². The molecule has 0 fully saturated rings. The van der Waals surface area contributed by atoms with E-state index in [0.29, 0.717) is 25.9 Å². The Morgan fingerprint density at radius 2 is 0.750 bits per heavy atom. The van der Waals surface area contributed by atoms with Gasteiger partial charge in [-0.2, -0.15) is 0 Å². The summed E-state index contributed by atoms with van der Waals surface area (Å²) in [5, 5.41) is 2.59. The highest BCUT2D eigenvalue weighted by molar-refractivity contribution is 5.85. The maximum Gasteiger partial charge on any atom is 0.222 e. The molecule has 1 aliphatic heterocycles. The zero-order valence-corrected chi connectivity index (χ0v) is 33.3. The van der Waals surface area contributed by atoms with Gasteiger partial charge in [-0.05, 0) is 72.9 Å². The van der Waals surface area contributed by atoms with Crippen LogP contribution in [0.4, 0.5) is 0 Å². The van der Waals surface area contributed by atoms with Crippen molar-refractivity contribution in [1.29, 1.82) is 0 Å². The van der Waals surface area contributed by atoms with E-state index in [4.69, 9.17) is 0 Å². The summed E-state index contributed by atoms with van der Waals surface area (Å²) in [4.78, 5) is 31.7. The summed E-state index contributed by atoms with van der Waals surface area (Å²) < 4.78 is 4.84. The predicted octanol–water partition coefficient (Wildman–Crippen LogP) is 11.1. The van der Waals surface area contributed by atoms with E-state index in [-0.39, 0.29) is 11.8 Å². The van der Waals surface area contributed by atoms with Crippen molar-refractivity contribution in [1.82, 2.24) is 18.9 Å². The standard InChI is InChI=1S/C50H60N4O2/c55-49-29-13-3-1-5-19-33-51-39-43(45-25-15-17-27-47(45)51)32-36-54(38-42-23-11-8-12-24-42)50(56)30-14-4-2-6-20-34-52-40-44(46-26-16-18-28-48(46)52)31-35-53(49)37-41-21-9-7-10-22-41/h7-12,15-18,21-28,39-40H,1-6,13-14,19-20,29-38H2. The molecule has 0 radical (unpaired) electrons. The van der Waals surface area contributed by atoms with E-state index < -0.39 is 0 Å². The van der Waals surface area contributed by atoms with Gasteiger partial charge in [0.05, 0.1) is 0 Å². The molecule has 4 bridgehead atoms. The summed E-state index contributed by atoms with van der Waals surface area (Å²) in [6, 6.07) is 38.4. The first-order chi connectivity index (χ1) is 27.6. The van der Waals surface area contributed by atoms with Gasteiger partial charge in [0.1, 0.15) is 0 Å². The van der Waals surface area contributed by atoms with Gasteiger partial charge in [-0.1, -0.05) is 136 Å². The van der Waals surface area contributed by atoms with Gasteiger partial charge in [-0.25, -0.2) is 0 Å². The Labute approximate surface area is 334 Å². The normalized spacial score (nSPS) is 16.9. The molecule has 7 rings (SSSR count). The van der Waals surface area contributed by atoms with Crippen molar-refractivity contribution in [2.24, 2.45) is 0 Å². The minimum atomic E-state index is 0.265. The fourth-order valence-corrected chi connectivity index (χ4v) is 8.61. The van der Waals surface area contributed by atoms with Crippen LogP contribution >= 0.6 is 0 Å². The number of carbonyl (C=O) groups excluding carboxylic acids is 2. The van der Waals surface area contributed by atoms with Gasteiger partial charge in [0.15, 0.2) is 0 Å². The first-order valence-corrected chi connectivity index (χ1v) is 21.4. The molecule has 1 aliphatic rings. The molecule has 0 spiro atoms. The van der Waals surface area contributed by atoms with Gasteiger partial charge in [0.25, 0.3) is 0 Å². The number of nitrogens with zero attached hydrogens (tertiary/aromatic N) is 4. The second-order valence-electron chi connectivity index (χ2n) is 15.9. The molecular formula is C50H60N4O2. The fourth-order valence-electron chi connectivity index (χ4n) is 8.61. The van der Waals surface area contributed by atoms with Gasteiger partial charge in [0, 0.05) is 86.3 Å². The van der Waals surface area contributed by atoms with E-state index in [1.165, 1.54) is 44.1 Å². The van der Waals surface area contributed by atoms with Crippen LogP contribution in [0.15, 0.2) is 122 Å². The lowest BCUT2D eigenvalue weighted by Gasteiger charge is -2.23. The molecule has 0 saturated carbocycles. The number of rotatable bonds is 4. The maximum atomic E-state index is 13.8. The second-order valence-corrected chi connectivity index (χ2v) is 15.9. The van der Waals surface area contributed by atoms with E-state index in [9.17, 15) is 9.59 Å². The van der Waals surface area contributed by atoms with Crippen LogP contribution in [-0.4, -0.2) is 43.8 Å². The van der Waals surface area contributed by atoms with E-state index >= 15 is 0 Å². The van der Waals surface area contributed by atoms with Crippen LogP contribution in [0.2, 0.25) is 0 Å². The Morgan fingerprint density at radius 1 is 0.375 bits per heavy atom. The molecule has 0 unspecified atom stereocenters. The number of amides is 2. The molecule has 56 heavy (non-hydrogen) atoms. The van der Waals surface area contributed by atoms with Crippen LogP contribution in [0.3, 0.4) is 0 Å². The van der Waals surface area contributed by atoms with E-state index in [0.717, 1.165) is 103 Å². The number of hydrogen-bond donors (Lipinski definition) is 0. The van der Waals surface area contributed by atoms with Crippen LogP contribution < -0.4 is 0 Å². The molecular weight excluding hydrogens is 689 g/mol. The van der Waals surface area contributed by atoms with Gasteiger partial charge in [-0.15, -0.1) is 0 Å². The zero-order valence-electron chi connectivity index (χ0n) is 33.3. The summed E-state index contributed by atoms with van der Waals surface area (Å²) in [6.07, 6.45) is 18.3. The Bertz CT molecular complexity index is 1980. The third kappa shape index (κ3) is 10.6. The van der Waals surface area contributed by atoms with E-state index in [1.807, 2.05) is 12.1 Å². The smallest absolute Gasteiger partial charge is 0.222 e. The topological polar surface area (TPSA) is 50.5 Å². The summed E-state index contributed by atoms with van der Waals surface area (Å²) in [7, 11) is 0. The first-order valence-electron chi connectivity index (χ1n) is 21.4. The average Bonchev–Trinajstić information content (AvgIpc) is 3.77. The molecule has 4 aromatic carbocycles. The number of fused-ring (bicyclic) bond motifs is 10. The largest absolute Gasteiger partial charge is 0.347 e. The lowest BCUT2D eigenvalue weighted by molar-refractivity contribution is -0.132. The van der Waals surface area contributed by atoms with Crippen LogP contribution in [0.25, 0.3) is 21.8 Å². The van der Waals surface area contributed by atoms with Gasteiger partial charge < -0.3 is 18.9 Å². The SMILES string of the molecule is O=C1CCCCCCCn2cc(c3ccccc32)CCN(Cc2ccccc2)C(=O)CCCCCCCn2cc(c3ccccc32)CCN1Cc1ccccc1. The Balaban J connectivity index is 1.05. The first kappa shape index (κ1) is 39.1. The third-order valence-electron chi connectivity index (χ3n) is 11.8. The summed E-state index contributed by atoms with van der Waals surface area (Å²) >= 11 is 0. The monoisotopic (exact) mass is 748 g/mol. The molecule has 3 heterocycles. The molecule has 6 aromatic rings. The van der Waals surface area contributed by atoms with Crippen molar-refractivity contribution < 1.29 is 9.59 Å². The van der Waals surface area contributed by atoms with E-state index in [1.54, 1.807) is 0 Å². The Morgan fingerprint density at radius 3 is 1.20 bits per heavy atom. The lowest BCUT2D eigenvalue weighted by Crippen LogP contribution is -2.32. The highest BCUT2D eigenvalue weighted by Gasteiger charge is 2.18. The zero-order chi connectivity index (χ0) is 38.4. The van der Waals surface area contributed by atoms with Crippen LogP contribution in [-0.2, 0) is 48.6 Å². The quantitative estimate of drug-likeness (QED) is 0.180. The van der Waals surface area contributed by atoms with Crippen molar-refractivity contribution >= 4 is 33.6 Å². The molecule has 2 aromatic heterocycles. The van der Waals surface area contributed by atoms with Crippen molar-refractivity contribution in [3.63, 3.8) is 0 Å². The number of aryl methyl sites for hydroxylation is 2. The predicted molar refractivity (Wildman–Crippen MR) is 230 cm³/mol. The minimum absolute atomic E-state index is 0.265. The average molecular weight is 749 g/mol. The number of para-hydroxylation sites is 2. The van der Waals surface area contributed by atoms with Crippen molar-refractivity contribution in [2.75, 3.05) is 13.1 Å². The number of carbonyl (C=O) groups is 2. The van der Waals surface area contributed by atoms with Crippen LogP contribution in [0.5, 0.6) is 0 Å². The van der Waals surface area contributed by atoms with Gasteiger partial charge >= 0.3 is 0 Å². The van der Waals surface area contributed by atoms with Crippen molar-refractivity contribution in [3.8, 4) is 0 Å². The number of aromatic nitrogens is 2.